The zero-order chi connectivity index (χ0) is 29.9. The Hall–Kier alpha value is -3.88. The molecule has 0 saturated carbocycles. The lowest BCUT2D eigenvalue weighted by atomic mass is 10.1. The van der Waals surface area contributed by atoms with Gasteiger partial charge in [0.15, 0.2) is 23.9 Å². The first-order valence-corrected chi connectivity index (χ1v) is 14.8. The molecular weight excluding hydrogens is 582 g/mol. The first-order chi connectivity index (χ1) is 19.3. The number of nitrogens with zero attached hydrogens (tertiary/aromatic N) is 4. The van der Waals surface area contributed by atoms with Crippen LogP contribution in [0.25, 0.3) is 22.3 Å². The molecule has 0 aliphatic rings. The number of hydrogen-bond donors (Lipinski definition) is 2. The summed E-state index contributed by atoms with van der Waals surface area (Å²) < 4.78 is 63.6. The van der Waals surface area contributed by atoms with Crippen molar-refractivity contribution in [3.8, 4) is 23.0 Å². The number of rotatable bonds is 11. The van der Waals surface area contributed by atoms with E-state index in [0.717, 1.165) is 18.4 Å². The normalized spacial score (nSPS) is 12.5. The van der Waals surface area contributed by atoms with Crippen LogP contribution in [0.4, 0.5) is 14.6 Å². The van der Waals surface area contributed by atoms with Gasteiger partial charge >= 0.3 is 12.0 Å². The van der Waals surface area contributed by atoms with Crippen LogP contribution in [0.3, 0.4) is 0 Å². The van der Waals surface area contributed by atoms with Crippen molar-refractivity contribution >= 4 is 44.3 Å². The number of carbonyl (C=O) groups excluding carboxylic acids is 1. The van der Waals surface area contributed by atoms with Crippen LogP contribution in [-0.4, -0.2) is 58.7 Å². The van der Waals surface area contributed by atoms with Crippen LogP contribution in [0, 0.1) is 17.6 Å². The first kappa shape index (κ1) is 30.1. The number of benzene rings is 2. The van der Waals surface area contributed by atoms with E-state index in [1.807, 2.05) is 0 Å². The van der Waals surface area contributed by atoms with Gasteiger partial charge in [-0.2, -0.15) is 15.1 Å². The molecule has 1 unspecified atom stereocenters. The summed E-state index contributed by atoms with van der Waals surface area (Å²) in [5.74, 6) is -3.17. The molecule has 4 rings (SSSR count). The summed E-state index contributed by atoms with van der Waals surface area (Å²) in [6, 6.07) is 8.26. The van der Waals surface area contributed by atoms with Gasteiger partial charge in [0.05, 0.1) is 16.2 Å². The van der Waals surface area contributed by atoms with Gasteiger partial charge in [-0.1, -0.05) is 43.6 Å². The van der Waals surface area contributed by atoms with E-state index in [-0.39, 0.29) is 47.1 Å². The zero-order valence-corrected chi connectivity index (χ0v) is 23.8. The molecule has 1 atom stereocenters. The minimum absolute atomic E-state index is 0.0549. The number of hydrogen-bond acceptors (Lipinski definition) is 10. The Morgan fingerprint density at radius 3 is 2.56 bits per heavy atom. The molecule has 2 heterocycles. The Bertz CT molecular complexity index is 1700. The fourth-order valence-corrected chi connectivity index (χ4v) is 4.36. The molecular formula is C26H27ClF2N6O5S. The van der Waals surface area contributed by atoms with Crippen LogP contribution >= 0.6 is 11.6 Å². The number of aromatic nitrogens is 4. The Morgan fingerprint density at radius 1 is 1.17 bits per heavy atom. The minimum atomic E-state index is -3.35. The van der Waals surface area contributed by atoms with Gasteiger partial charge in [0.2, 0.25) is 0 Å². The lowest BCUT2D eigenvalue weighted by Crippen LogP contribution is -2.37. The van der Waals surface area contributed by atoms with E-state index < -0.39 is 40.2 Å². The quantitative estimate of drug-likeness (QED) is 0.237. The predicted octanol–water partition coefficient (Wildman–Crippen LogP) is 4.16. The Balaban J connectivity index is 1.87. The Labute approximate surface area is 239 Å². The number of ether oxygens (including phenoxy) is 2. The molecule has 2 aromatic heterocycles. The molecule has 15 heteroatoms. The average molecular weight is 609 g/mol. The maximum Gasteiger partial charge on any atom is 0.326 e. The van der Waals surface area contributed by atoms with E-state index in [9.17, 15) is 22.0 Å². The lowest BCUT2D eigenvalue weighted by molar-refractivity contribution is -0.150. The smallest absolute Gasteiger partial charge is 0.326 e. The largest absolute Gasteiger partial charge is 0.441 e. The average Bonchev–Trinajstić information content (AvgIpc) is 3.26. The maximum absolute atomic E-state index is 14.4. The van der Waals surface area contributed by atoms with Crippen molar-refractivity contribution < 1.29 is 31.5 Å². The highest BCUT2D eigenvalue weighted by Crippen LogP contribution is 2.37. The van der Waals surface area contributed by atoms with Gasteiger partial charge in [-0.3, -0.25) is 4.79 Å². The summed E-state index contributed by atoms with van der Waals surface area (Å²) in [5, 5.41) is 8.15. The lowest BCUT2D eigenvalue weighted by Gasteiger charge is -2.14. The summed E-state index contributed by atoms with van der Waals surface area (Å²) in [7, 11) is -3.35. The van der Waals surface area contributed by atoms with E-state index >= 15 is 0 Å². The summed E-state index contributed by atoms with van der Waals surface area (Å²) in [4.78, 5) is 21.2. The van der Waals surface area contributed by atoms with Crippen LogP contribution in [0.2, 0.25) is 5.02 Å². The molecule has 218 valence electrons. The van der Waals surface area contributed by atoms with Crippen molar-refractivity contribution in [3.63, 3.8) is 0 Å². The molecule has 0 radical (unpaired) electrons. The second kappa shape index (κ2) is 12.3. The monoisotopic (exact) mass is 608 g/mol. The number of nitrogens with two attached hydrogens (primary N) is 1. The third kappa shape index (κ3) is 7.26. The SMILES string of the molecule is CC(C)C(N)C(=O)OCn1nc(-c2ccccc2Cl)c2c(NCCS(C)(=O)=O)nc(Oc3ccc(F)cc3F)nc21. The van der Waals surface area contributed by atoms with E-state index in [4.69, 9.17) is 26.8 Å². The Kier molecular flexibility index (Phi) is 9.05. The molecule has 0 aliphatic carbocycles. The van der Waals surface area contributed by atoms with Gasteiger partial charge < -0.3 is 20.5 Å². The summed E-state index contributed by atoms with van der Waals surface area (Å²) >= 11 is 6.47. The highest BCUT2D eigenvalue weighted by Gasteiger charge is 2.25. The number of halogens is 3. The number of esters is 1. The van der Waals surface area contributed by atoms with Gasteiger partial charge in [-0.15, -0.1) is 0 Å². The number of sulfone groups is 1. The fraction of sp³-hybridized carbons (Fsp3) is 0.308. The van der Waals surface area contributed by atoms with Crippen molar-refractivity contribution in [2.45, 2.75) is 26.6 Å². The second-order valence-electron chi connectivity index (χ2n) is 9.48. The van der Waals surface area contributed by atoms with Crippen molar-refractivity contribution in [2.75, 3.05) is 23.9 Å². The molecule has 0 amide bonds. The van der Waals surface area contributed by atoms with Crippen molar-refractivity contribution in [3.05, 3.63) is 59.1 Å². The van der Waals surface area contributed by atoms with Crippen molar-refractivity contribution in [1.82, 2.24) is 19.7 Å². The third-order valence-corrected chi connectivity index (χ3v) is 7.16. The highest BCUT2D eigenvalue weighted by molar-refractivity contribution is 7.90. The Morgan fingerprint density at radius 2 is 1.90 bits per heavy atom. The van der Waals surface area contributed by atoms with Crippen LogP contribution in [0.5, 0.6) is 11.8 Å². The number of anilines is 1. The van der Waals surface area contributed by atoms with E-state index in [2.05, 4.69) is 20.4 Å². The molecule has 11 nitrogen and oxygen atoms in total. The molecule has 0 fully saturated rings. The molecule has 0 saturated heterocycles. The standard InChI is InChI=1S/C26H27ClF2N6O5S/c1-14(2)21(30)25(36)39-13-35-24-20(22(34-35)16-6-4-5-7-17(16)27)23(31-10-11-41(3,37)38)32-26(33-24)40-19-9-8-15(28)12-18(19)29/h4-9,12,14,21H,10-11,13,30H2,1-3H3,(H,31,32,33). The highest BCUT2D eigenvalue weighted by atomic mass is 35.5. The summed E-state index contributed by atoms with van der Waals surface area (Å²) in [6.07, 6.45) is 1.08. The van der Waals surface area contributed by atoms with Gasteiger partial charge in [-0.05, 0) is 24.1 Å². The molecule has 3 N–H and O–H groups in total. The van der Waals surface area contributed by atoms with Gasteiger partial charge in [0.25, 0.3) is 0 Å². The van der Waals surface area contributed by atoms with Gasteiger partial charge in [0.1, 0.15) is 33.2 Å². The van der Waals surface area contributed by atoms with Crippen LogP contribution in [-0.2, 0) is 26.1 Å². The summed E-state index contributed by atoms with van der Waals surface area (Å²) in [5.41, 5.74) is 6.77. The number of nitrogens with one attached hydrogen (secondary N) is 1. The molecule has 0 aliphatic heterocycles. The number of carbonyl (C=O) groups is 1. The van der Waals surface area contributed by atoms with Gasteiger partial charge in [0, 0.05) is 24.4 Å². The van der Waals surface area contributed by atoms with E-state index in [1.54, 1.807) is 38.1 Å². The second-order valence-corrected chi connectivity index (χ2v) is 12.1. The third-order valence-electron chi connectivity index (χ3n) is 5.88. The van der Waals surface area contributed by atoms with E-state index in [1.165, 1.54) is 4.68 Å². The first-order valence-electron chi connectivity index (χ1n) is 12.3. The zero-order valence-electron chi connectivity index (χ0n) is 22.3. The molecule has 0 bridgehead atoms. The van der Waals surface area contributed by atoms with Crippen LogP contribution in [0.15, 0.2) is 42.5 Å². The maximum atomic E-state index is 14.4. The fourth-order valence-electron chi connectivity index (χ4n) is 3.66. The minimum Gasteiger partial charge on any atom is -0.441 e. The molecule has 41 heavy (non-hydrogen) atoms. The van der Waals surface area contributed by atoms with Crippen LogP contribution < -0.4 is 15.8 Å². The van der Waals surface area contributed by atoms with Crippen molar-refractivity contribution in [1.29, 1.82) is 0 Å². The topological polar surface area (TPSA) is 151 Å². The summed E-state index contributed by atoms with van der Waals surface area (Å²) in [6.45, 7) is 3.07. The van der Waals surface area contributed by atoms with E-state index in [0.29, 0.717) is 22.0 Å². The molecule has 2 aromatic carbocycles. The molecule has 4 aromatic rings. The predicted molar refractivity (Wildman–Crippen MR) is 149 cm³/mol. The number of fused-ring (bicyclic) bond motifs is 1. The van der Waals surface area contributed by atoms with Crippen molar-refractivity contribution in [2.24, 2.45) is 11.7 Å². The van der Waals surface area contributed by atoms with Crippen LogP contribution in [0.1, 0.15) is 13.8 Å². The van der Waals surface area contributed by atoms with Gasteiger partial charge in [-0.25, -0.2) is 21.9 Å². The molecule has 0 spiro atoms.